The lowest BCUT2D eigenvalue weighted by Gasteiger charge is -2.18. The van der Waals surface area contributed by atoms with Crippen LogP contribution in [0.25, 0.3) is 0 Å². The lowest BCUT2D eigenvalue weighted by atomic mass is 9.89. The number of nitrogens with one attached hydrogen (secondary N) is 1. The van der Waals surface area contributed by atoms with Crippen molar-refractivity contribution in [2.24, 2.45) is 5.41 Å². The van der Waals surface area contributed by atoms with Crippen molar-refractivity contribution < 1.29 is 19.4 Å². The van der Waals surface area contributed by atoms with Gasteiger partial charge in [0.25, 0.3) is 0 Å². The van der Waals surface area contributed by atoms with E-state index in [0.29, 0.717) is 18.0 Å². The van der Waals surface area contributed by atoms with Crippen LogP contribution in [0.1, 0.15) is 20.3 Å². The lowest BCUT2D eigenvalue weighted by Crippen LogP contribution is -2.29. The molecule has 0 saturated carbocycles. The predicted octanol–water partition coefficient (Wildman–Crippen LogP) is 2.69. The summed E-state index contributed by atoms with van der Waals surface area (Å²) in [5.41, 5.74) is -0.529. The maximum atomic E-state index is 11.8. The van der Waals surface area contributed by atoms with Crippen LogP contribution in [0.5, 0.6) is 5.75 Å². The summed E-state index contributed by atoms with van der Waals surface area (Å²) in [5, 5.41) is 11.6. The summed E-state index contributed by atoms with van der Waals surface area (Å²) in [6.07, 6.45) is 1.53. The number of rotatable bonds is 7. The Kier molecular flexibility index (Phi) is 5.32. The number of hydrogen-bond donors (Lipinski definition) is 2. The van der Waals surface area contributed by atoms with Crippen LogP contribution in [0, 0.1) is 5.41 Å². The topological polar surface area (TPSA) is 75.6 Å². The van der Waals surface area contributed by atoms with E-state index in [1.807, 2.05) is 0 Å². The first-order valence-electron chi connectivity index (χ1n) is 6.22. The second kappa shape index (κ2) is 6.75. The van der Waals surface area contributed by atoms with Gasteiger partial charge in [0, 0.05) is 18.2 Å². The van der Waals surface area contributed by atoms with E-state index >= 15 is 0 Å². The number of carboxylic acids is 1. The SMILES string of the molecule is C=CCOc1cccc(NC(=O)CC(C)(C)C(=O)O)c1. The van der Waals surface area contributed by atoms with Gasteiger partial charge in [-0.1, -0.05) is 18.7 Å². The predicted molar refractivity (Wildman–Crippen MR) is 76.8 cm³/mol. The summed E-state index contributed by atoms with van der Waals surface area (Å²) in [6, 6.07) is 6.90. The standard InChI is InChI=1S/C15H19NO4/c1-4-8-20-12-7-5-6-11(9-12)16-13(17)10-15(2,3)14(18)19/h4-7,9H,1,8,10H2,2-3H3,(H,16,17)(H,18,19). The van der Waals surface area contributed by atoms with Gasteiger partial charge in [-0.25, -0.2) is 0 Å². The van der Waals surface area contributed by atoms with E-state index in [1.54, 1.807) is 30.3 Å². The van der Waals surface area contributed by atoms with Crippen LogP contribution in [0.3, 0.4) is 0 Å². The summed E-state index contributed by atoms with van der Waals surface area (Å²) in [5.74, 6) is -0.741. The fourth-order valence-corrected chi connectivity index (χ4v) is 1.50. The van der Waals surface area contributed by atoms with Crippen molar-refractivity contribution in [2.75, 3.05) is 11.9 Å². The smallest absolute Gasteiger partial charge is 0.309 e. The number of hydrogen-bond acceptors (Lipinski definition) is 3. The number of carboxylic acid groups (broad SMARTS) is 1. The Morgan fingerprint density at radius 3 is 2.75 bits per heavy atom. The molecule has 2 N–H and O–H groups in total. The van der Waals surface area contributed by atoms with Crippen molar-refractivity contribution in [3.63, 3.8) is 0 Å². The second-order valence-electron chi connectivity index (χ2n) is 5.04. The largest absolute Gasteiger partial charge is 0.489 e. The zero-order valence-corrected chi connectivity index (χ0v) is 11.7. The Hall–Kier alpha value is -2.30. The highest BCUT2D eigenvalue weighted by atomic mass is 16.5. The zero-order valence-electron chi connectivity index (χ0n) is 11.7. The van der Waals surface area contributed by atoms with Crippen molar-refractivity contribution in [3.05, 3.63) is 36.9 Å². The van der Waals surface area contributed by atoms with Crippen LogP contribution in [-0.4, -0.2) is 23.6 Å². The van der Waals surface area contributed by atoms with E-state index in [2.05, 4.69) is 11.9 Å². The molecule has 1 amide bonds. The minimum atomic E-state index is -1.10. The number of amides is 1. The molecule has 0 bridgehead atoms. The van der Waals surface area contributed by atoms with Gasteiger partial charge in [-0.2, -0.15) is 0 Å². The molecule has 1 aromatic rings. The molecule has 0 fully saturated rings. The molecule has 0 aliphatic heterocycles. The summed E-state index contributed by atoms with van der Waals surface area (Å²) in [6.45, 7) is 6.96. The molecule has 0 aliphatic carbocycles. The Labute approximate surface area is 118 Å². The Morgan fingerprint density at radius 1 is 1.45 bits per heavy atom. The normalized spacial score (nSPS) is 10.7. The van der Waals surface area contributed by atoms with Crippen molar-refractivity contribution in [3.8, 4) is 5.75 Å². The van der Waals surface area contributed by atoms with Gasteiger partial charge in [0.05, 0.1) is 5.41 Å². The number of aliphatic carboxylic acids is 1. The van der Waals surface area contributed by atoms with Crippen LogP contribution in [-0.2, 0) is 9.59 Å². The number of carbonyl (C=O) groups is 2. The van der Waals surface area contributed by atoms with Gasteiger partial charge in [0.15, 0.2) is 0 Å². The fraction of sp³-hybridized carbons (Fsp3) is 0.333. The molecular formula is C15H19NO4. The van der Waals surface area contributed by atoms with Gasteiger partial charge < -0.3 is 15.2 Å². The Bertz CT molecular complexity index is 508. The molecule has 1 aromatic carbocycles. The first-order chi connectivity index (χ1) is 9.35. The van der Waals surface area contributed by atoms with E-state index in [9.17, 15) is 9.59 Å². The average Bonchev–Trinajstić information content (AvgIpc) is 2.35. The minimum Gasteiger partial charge on any atom is -0.489 e. The van der Waals surface area contributed by atoms with Crippen molar-refractivity contribution >= 4 is 17.6 Å². The average molecular weight is 277 g/mol. The molecule has 20 heavy (non-hydrogen) atoms. The van der Waals surface area contributed by atoms with Crippen molar-refractivity contribution in [2.45, 2.75) is 20.3 Å². The maximum Gasteiger partial charge on any atom is 0.309 e. The molecule has 0 aromatic heterocycles. The molecule has 0 heterocycles. The van der Waals surface area contributed by atoms with Gasteiger partial charge in [-0.05, 0) is 26.0 Å². The molecule has 0 spiro atoms. The summed E-state index contributed by atoms with van der Waals surface area (Å²) in [7, 11) is 0. The van der Waals surface area contributed by atoms with Crippen molar-refractivity contribution in [1.82, 2.24) is 0 Å². The van der Waals surface area contributed by atoms with Gasteiger partial charge >= 0.3 is 5.97 Å². The fourth-order valence-electron chi connectivity index (χ4n) is 1.50. The van der Waals surface area contributed by atoms with Crippen LogP contribution >= 0.6 is 0 Å². The molecule has 0 aliphatic rings. The van der Waals surface area contributed by atoms with E-state index in [0.717, 1.165) is 0 Å². The molecule has 0 atom stereocenters. The third-order valence-corrected chi connectivity index (χ3v) is 2.67. The summed E-state index contributed by atoms with van der Waals surface area (Å²) in [4.78, 5) is 22.8. The van der Waals surface area contributed by atoms with E-state index in [-0.39, 0.29) is 12.3 Å². The van der Waals surface area contributed by atoms with Gasteiger partial charge in [-0.3, -0.25) is 9.59 Å². The van der Waals surface area contributed by atoms with Crippen LogP contribution < -0.4 is 10.1 Å². The molecule has 5 heteroatoms. The molecule has 0 unspecified atom stereocenters. The van der Waals surface area contributed by atoms with Gasteiger partial charge in [-0.15, -0.1) is 0 Å². The third-order valence-electron chi connectivity index (χ3n) is 2.67. The van der Waals surface area contributed by atoms with Crippen molar-refractivity contribution in [1.29, 1.82) is 0 Å². The number of ether oxygens (including phenoxy) is 1. The third kappa shape index (κ3) is 4.76. The second-order valence-corrected chi connectivity index (χ2v) is 5.04. The Morgan fingerprint density at radius 2 is 2.15 bits per heavy atom. The molecular weight excluding hydrogens is 258 g/mol. The molecule has 0 saturated heterocycles. The van der Waals surface area contributed by atoms with Crippen LogP contribution in [0.15, 0.2) is 36.9 Å². The van der Waals surface area contributed by atoms with Crippen LogP contribution in [0.2, 0.25) is 0 Å². The number of anilines is 1. The lowest BCUT2D eigenvalue weighted by molar-refractivity contribution is -0.148. The maximum absolute atomic E-state index is 11.8. The Balaban J connectivity index is 2.66. The highest BCUT2D eigenvalue weighted by Gasteiger charge is 2.30. The van der Waals surface area contributed by atoms with Crippen LogP contribution in [0.4, 0.5) is 5.69 Å². The van der Waals surface area contributed by atoms with E-state index < -0.39 is 11.4 Å². The van der Waals surface area contributed by atoms with E-state index in [4.69, 9.17) is 9.84 Å². The highest BCUT2D eigenvalue weighted by Crippen LogP contribution is 2.22. The molecule has 0 radical (unpaired) electrons. The minimum absolute atomic E-state index is 0.0971. The number of benzene rings is 1. The zero-order chi connectivity index (χ0) is 15.2. The molecule has 108 valence electrons. The highest BCUT2D eigenvalue weighted by molar-refractivity contribution is 5.94. The van der Waals surface area contributed by atoms with E-state index in [1.165, 1.54) is 13.8 Å². The molecule has 1 rings (SSSR count). The monoisotopic (exact) mass is 277 g/mol. The quantitative estimate of drug-likeness (QED) is 0.751. The number of carbonyl (C=O) groups excluding carboxylic acids is 1. The van der Waals surface area contributed by atoms with Gasteiger partial charge in [0.2, 0.25) is 5.91 Å². The first kappa shape index (κ1) is 15.8. The molecule has 5 nitrogen and oxygen atoms in total. The summed E-state index contributed by atoms with van der Waals surface area (Å²) >= 11 is 0. The first-order valence-corrected chi connectivity index (χ1v) is 6.22. The summed E-state index contributed by atoms with van der Waals surface area (Å²) < 4.78 is 5.35. The van der Waals surface area contributed by atoms with Gasteiger partial charge in [0.1, 0.15) is 12.4 Å².